The van der Waals surface area contributed by atoms with Gasteiger partial charge in [0.1, 0.15) is 0 Å². The van der Waals surface area contributed by atoms with Crippen molar-refractivity contribution >= 4 is 16.8 Å². The average molecular weight is 301 g/mol. The Bertz CT molecular complexity index is 603. The second kappa shape index (κ2) is 8.59. The summed E-state index contributed by atoms with van der Waals surface area (Å²) in [6.45, 7) is 3.57. The van der Waals surface area contributed by atoms with Crippen molar-refractivity contribution < 1.29 is 4.79 Å². The molecule has 0 aliphatic heterocycles. The van der Waals surface area contributed by atoms with Crippen LogP contribution in [-0.4, -0.2) is 24.0 Å². The molecule has 0 fully saturated rings. The first-order valence-corrected chi connectivity index (χ1v) is 8.24. The fraction of sp³-hybridized carbons (Fsp3) is 0.500. The van der Waals surface area contributed by atoms with Crippen LogP contribution in [0.2, 0.25) is 0 Å². The molecule has 0 bridgehead atoms. The molecule has 1 heterocycles. The van der Waals surface area contributed by atoms with Crippen LogP contribution in [0.5, 0.6) is 0 Å². The quantitative estimate of drug-likeness (QED) is 0.623. The summed E-state index contributed by atoms with van der Waals surface area (Å²) in [5, 5.41) is 4.31. The van der Waals surface area contributed by atoms with E-state index in [0.29, 0.717) is 13.0 Å². The van der Waals surface area contributed by atoms with E-state index in [9.17, 15) is 4.79 Å². The Labute approximate surface area is 132 Å². The standard InChI is InChI=1S/C18H27N3O/c1-14-7-6-8-16-18(14)15(13-21-16)10-12-20-17(22)9-4-2-3-5-11-19/h6-8,13,21H,2-5,9-12,19H2,1H3,(H,20,22). The fourth-order valence-corrected chi connectivity index (χ4v) is 2.86. The number of rotatable bonds is 9. The van der Waals surface area contributed by atoms with E-state index >= 15 is 0 Å². The number of carbonyl (C=O) groups is 1. The number of amides is 1. The highest BCUT2D eigenvalue weighted by molar-refractivity contribution is 5.86. The van der Waals surface area contributed by atoms with E-state index in [1.807, 2.05) is 0 Å². The van der Waals surface area contributed by atoms with Crippen molar-refractivity contribution in [2.24, 2.45) is 5.73 Å². The van der Waals surface area contributed by atoms with Gasteiger partial charge in [-0.15, -0.1) is 0 Å². The molecule has 0 unspecified atom stereocenters. The van der Waals surface area contributed by atoms with Crippen molar-refractivity contribution in [3.63, 3.8) is 0 Å². The lowest BCUT2D eigenvalue weighted by atomic mass is 10.1. The molecule has 0 aliphatic rings. The first-order chi connectivity index (χ1) is 10.7. The smallest absolute Gasteiger partial charge is 0.220 e. The van der Waals surface area contributed by atoms with Gasteiger partial charge in [0.2, 0.25) is 5.91 Å². The molecular weight excluding hydrogens is 274 g/mol. The first-order valence-electron chi connectivity index (χ1n) is 8.24. The summed E-state index contributed by atoms with van der Waals surface area (Å²) in [5.74, 6) is 0.157. The summed E-state index contributed by atoms with van der Waals surface area (Å²) in [6, 6.07) is 6.27. The zero-order chi connectivity index (χ0) is 15.8. The van der Waals surface area contributed by atoms with E-state index in [4.69, 9.17) is 5.73 Å². The van der Waals surface area contributed by atoms with Gasteiger partial charge in [0.05, 0.1) is 0 Å². The molecule has 2 rings (SSSR count). The average Bonchev–Trinajstić information content (AvgIpc) is 2.92. The van der Waals surface area contributed by atoms with E-state index in [1.54, 1.807) is 0 Å². The zero-order valence-electron chi connectivity index (χ0n) is 13.5. The predicted molar refractivity (Wildman–Crippen MR) is 91.9 cm³/mol. The van der Waals surface area contributed by atoms with Gasteiger partial charge in [-0.2, -0.15) is 0 Å². The normalized spacial score (nSPS) is 11.0. The highest BCUT2D eigenvalue weighted by atomic mass is 16.1. The third-order valence-electron chi connectivity index (χ3n) is 4.07. The maximum Gasteiger partial charge on any atom is 0.220 e. The number of aryl methyl sites for hydroxylation is 1. The van der Waals surface area contributed by atoms with Crippen molar-refractivity contribution in [3.05, 3.63) is 35.5 Å². The van der Waals surface area contributed by atoms with Crippen LogP contribution in [0.15, 0.2) is 24.4 Å². The summed E-state index contributed by atoms with van der Waals surface area (Å²) in [6.07, 6.45) is 7.77. The van der Waals surface area contributed by atoms with Crippen molar-refractivity contribution in [1.82, 2.24) is 10.3 Å². The summed E-state index contributed by atoms with van der Waals surface area (Å²) in [7, 11) is 0. The van der Waals surface area contributed by atoms with Crippen LogP contribution in [0, 0.1) is 6.92 Å². The zero-order valence-corrected chi connectivity index (χ0v) is 13.5. The topological polar surface area (TPSA) is 70.9 Å². The van der Waals surface area contributed by atoms with Crippen LogP contribution in [0.4, 0.5) is 0 Å². The molecule has 4 N–H and O–H groups in total. The van der Waals surface area contributed by atoms with Gasteiger partial charge in [0.25, 0.3) is 0 Å². The molecule has 1 amide bonds. The Kier molecular flexibility index (Phi) is 6.46. The van der Waals surface area contributed by atoms with Gasteiger partial charge in [-0.1, -0.05) is 25.0 Å². The largest absolute Gasteiger partial charge is 0.361 e. The lowest BCUT2D eigenvalue weighted by molar-refractivity contribution is -0.121. The molecule has 1 aromatic carbocycles. The van der Waals surface area contributed by atoms with Crippen LogP contribution < -0.4 is 11.1 Å². The van der Waals surface area contributed by atoms with Gasteiger partial charge in [-0.3, -0.25) is 4.79 Å². The number of nitrogens with one attached hydrogen (secondary N) is 2. The van der Waals surface area contributed by atoms with Gasteiger partial charge < -0.3 is 16.0 Å². The lowest BCUT2D eigenvalue weighted by Crippen LogP contribution is -2.25. The molecule has 0 atom stereocenters. The third-order valence-corrected chi connectivity index (χ3v) is 4.07. The fourth-order valence-electron chi connectivity index (χ4n) is 2.86. The number of nitrogens with two attached hydrogens (primary N) is 1. The molecular formula is C18H27N3O. The minimum atomic E-state index is 0.157. The predicted octanol–water partition coefficient (Wildman–Crippen LogP) is 3.04. The van der Waals surface area contributed by atoms with Crippen LogP contribution in [0.3, 0.4) is 0 Å². The van der Waals surface area contributed by atoms with Gasteiger partial charge in [-0.05, 0) is 49.9 Å². The van der Waals surface area contributed by atoms with Crippen LogP contribution >= 0.6 is 0 Å². The number of carbonyl (C=O) groups excluding carboxylic acids is 1. The summed E-state index contributed by atoms with van der Waals surface area (Å²) >= 11 is 0. The first kappa shape index (κ1) is 16.6. The van der Waals surface area contributed by atoms with E-state index in [1.165, 1.54) is 22.0 Å². The van der Waals surface area contributed by atoms with E-state index in [0.717, 1.165) is 38.6 Å². The molecule has 0 saturated heterocycles. The molecule has 4 heteroatoms. The molecule has 0 radical (unpaired) electrons. The van der Waals surface area contributed by atoms with E-state index < -0.39 is 0 Å². The monoisotopic (exact) mass is 301 g/mol. The van der Waals surface area contributed by atoms with E-state index in [-0.39, 0.29) is 5.91 Å². The summed E-state index contributed by atoms with van der Waals surface area (Å²) in [4.78, 5) is 15.1. The lowest BCUT2D eigenvalue weighted by Gasteiger charge is -2.06. The number of aromatic nitrogens is 1. The molecule has 4 nitrogen and oxygen atoms in total. The molecule has 0 spiro atoms. The molecule has 0 saturated carbocycles. The minimum absolute atomic E-state index is 0.157. The number of fused-ring (bicyclic) bond motifs is 1. The Morgan fingerprint density at radius 2 is 2.05 bits per heavy atom. The number of H-pyrrole nitrogens is 1. The van der Waals surface area contributed by atoms with Crippen molar-refractivity contribution in [1.29, 1.82) is 0 Å². The Hall–Kier alpha value is -1.81. The van der Waals surface area contributed by atoms with Crippen LogP contribution in [-0.2, 0) is 11.2 Å². The highest BCUT2D eigenvalue weighted by Crippen LogP contribution is 2.22. The van der Waals surface area contributed by atoms with Gasteiger partial charge >= 0.3 is 0 Å². The molecule has 2 aromatic rings. The third kappa shape index (κ3) is 4.60. The molecule has 1 aromatic heterocycles. The Balaban J connectivity index is 1.72. The Morgan fingerprint density at radius 3 is 2.86 bits per heavy atom. The van der Waals surface area contributed by atoms with Gasteiger partial charge in [0, 0.05) is 30.1 Å². The minimum Gasteiger partial charge on any atom is -0.361 e. The summed E-state index contributed by atoms with van der Waals surface area (Å²) < 4.78 is 0. The molecule has 22 heavy (non-hydrogen) atoms. The second-order valence-electron chi connectivity index (χ2n) is 5.86. The number of hydrogen-bond donors (Lipinski definition) is 3. The molecule has 0 aliphatic carbocycles. The maximum atomic E-state index is 11.8. The van der Waals surface area contributed by atoms with Gasteiger partial charge in [-0.25, -0.2) is 0 Å². The SMILES string of the molecule is Cc1cccc2[nH]cc(CCNC(=O)CCCCCCN)c12. The van der Waals surface area contributed by atoms with E-state index in [2.05, 4.69) is 41.6 Å². The van der Waals surface area contributed by atoms with Crippen molar-refractivity contribution in [2.75, 3.05) is 13.1 Å². The summed E-state index contributed by atoms with van der Waals surface area (Å²) in [5.41, 5.74) is 9.17. The Morgan fingerprint density at radius 1 is 1.23 bits per heavy atom. The maximum absolute atomic E-state index is 11.8. The number of benzene rings is 1. The number of unbranched alkanes of at least 4 members (excludes halogenated alkanes) is 3. The van der Waals surface area contributed by atoms with Crippen LogP contribution in [0.1, 0.15) is 43.2 Å². The highest BCUT2D eigenvalue weighted by Gasteiger charge is 2.06. The van der Waals surface area contributed by atoms with Gasteiger partial charge in [0.15, 0.2) is 0 Å². The van der Waals surface area contributed by atoms with Crippen molar-refractivity contribution in [2.45, 2.75) is 45.4 Å². The number of hydrogen-bond acceptors (Lipinski definition) is 2. The molecule has 120 valence electrons. The number of aromatic amines is 1. The van der Waals surface area contributed by atoms with Crippen molar-refractivity contribution in [3.8, 4) is 0 Å². The second-order valence-corrected chi connectivity index (χ2v) is 5.86. The van der Waals surface area contributed by atoms with Crippen LogP contribution in [0.25, 0.3) is 10.9 Å².